The zero-order chi connectivity index (χ0) is 11.0. The zero-order valence-electron chi connectivity index (χ0n) is 8.21. The number of hydrogen-bond acceptors (Lipinski definition) is 4. The van der Waals surface area contributed by atoms with Gasteiger partial charge in [-0.25, -0.2) is 4.98 Å². The Morgan fingerprint density at radius 1 is 0.938 bits per heavy atom. The Balaban J connectivity index is 2.35. The minimum Gasteiger partial charge on any atom is -0.214 e. The van der Waals surface area contributed by atoms with Gasteiger partial charge in [-0.3, -0.25) is 0 Å². The largest absolute Gasteiger partial charge is 0.214 e. The van der Waals surface area contributed by atoms with Crippen molar-refractivity contribution in [1.82, 2.24) is 4.98 Å². The van der Waals surface area contributed by atoms with E-state index in [1.54, 1.807) is 20.7 Å². The van der Waals surface area contributed by atoms with Crippen LogP contribution in [0.5, 0.6) is 0 Å². The molecule has 4 heteroatoms. The number of hydrogen-bond donors (Lipinski definition) is 0. The van der Waals surface area contributed by atoms with Crippen molar-refractivity contribution in [2.24, 2.45) is 0 Å². The maximum Gasteiger partial charge on any atom is 0.191 e. The van der Waals surface area contributed by atoms with Gasteiger partial charge in [0.15, 0.2) is 3.95 Å². The van der Waals surface area contributed by atoms with E-state index in [2.05, 4.69) is 47.4 Å². The van der Waals surface area contributed by atoms with E-state index in [0.717, 1.165) is 5.01 Å². The quantitative estimate of drug-likeness (QED) is 0.463. The van der Waals surface area contributed by atoms with E-state index >= 15 is 0 Å². The van der Waals surface area contributed by atoms with Gasteiger partial charge >= 0.3 is 0 Å². The third-order valence-electron chi connectivity index (χ3n) is 2.40. The molecule has 78 valence electrons. The summed E-state index contributed by atoms with van der Waals surface area (Å²) in [5, 5.41) is 3.50. The van der Waals surface area contributed by atoms with Crippen molar-refractivity contribution >= 4 is 43.7 Å². The topological polar surface area (TPSA) is 12.9 Å². The molecule has 0 bridgehead atoms. The molecule has 16 heavy (non-hydrogen) atoms. The third-order valence-corrected chi connectivity index (χ3v) is 5.05. The van der Waals surface area contributed by atoms with Gasteiger partial charge in [-0.15, -0.1) is 0 Å². The second-order valence-corrected chi connectivity index (χ2v) is 6.13. The lowest BCUT2D eigenvalue weighted by Gasteiger charge is -2.02. The van der Waals surface area contributed by atoms with Crippen LogP contribution in [-0.4, -0.2) is 4.98 Å². The highest BCUT2D eigenvalue weighted by molar-refractivity contribution is 7.79. The summed E-state index contributed by atoms with van der Waals surface area (Å²) in [6, 6.07) is 14.6. The predicted octanol–water partition coefficient (Wildman–Crippen LogP) is 4.75. The molecule has 0 radical (unpaired) electrons. The van der Waals surface area contributed by atoms with E-state index in [1.165, 1.54) is 16.3 Å². The molecule has 0 saturated carbocycles. The molecule has 0 fully saturated rings. The molecule has 1 nitrogen and oxygen atoms in total. The molecule has 0 N–H and O–H groups in total. The van der Waals surface area contributed by atoms with Crippen molar-refractivity contribution in [2.45, 2.75) is 0 Å². The SMILES string of the molecule is S=c1nc(-c2cccc3ccccc23)ss1. The van der Waals surface area contributed by atoms with E-state index in [4.69, 9.17) is 12.2 Å². The second kappa shape index (κ2) is 4.05. The summed E-state index contributed by atoms with van der Waals surface area (Å²) >= 11 is 5.07. The Bertz CT molecular complexity index is 691. The van der Waals surface area contributed by atoms with Crippen LogP contribution in [0, 0.1) is 3.95 Å². The van der Waals surface area contributed by atoms with Gasteiger partial charge in [0, 0.05) is 5.56 Å². The fraction of sp³-hybridized carbons (Fsp3) is 0. The van der Waals surface area contributed by atoms with Crippen molar-refractivity contribution in [3.05, 3.63) is 46.4 Å². The van der Waals surface area contributed by atoms with Gasteiger partial charge in [0.2, 0.25) is 0 Å². The molecule has 3 rings (SSSR count). The van der Waals surface area contributed by atoms with E-state index < -0.39 is 0 Å². The van der Waals surface area contributed by atoms with Gasteiger partial charge in [-0.2, -0.15) is 0 Å². The molecule has 0 unspecified atom stereocenters. The Morgan fingerprint density at radius 3 is 2.56 bits per heavy atom. The molecule has 0 aliphatic rings. The molecule has 0 spiro atoms. The van der Waals surface area contributed by atoms with Crippen molar-refractivity contribution in [1.29, 1.82) is 0 Å². The van der Waals surface area contributed by atoms with Crippen molar-refractivity contribution in [3.8, 4) is 10.6 Å². The summed E-state index contributed by atoms with van der Waals surface area (Å²) < 4.78 is 0.716. The molecule has 1 heterocycles. The van der Waals surface area contributed by atoms with E-state index in [-0.39, 0.29) is 0 Å². The summed E-state index contributed by atoms with van der Waals surface area (Å²) in [6.45, 7) is 0. The smallest absolute Gasteiger partial charge is 0.191 e. The van der Waals surface area contributed by atoms with Crippen LogP contribution in [0.4, 0.5) is 0 Å². The van der Waals surface area contributed by atoms with Crippen LogP contribution < -0.4 is 0 Å². The van der Waals surface area contributed by atoms with Crippen LogP contribution in [0.3, 0.4) is 0 Å². The lowest BCUT2D eigenvalue weighted by atomic mass is 10.1. The molecule has 0 aliphatic carbocycles. The number of nitrogens with zero attached hydrogens (tertiary/aromatic N) is 1. The molecular weight excluding hydrogens is 254 g/mol. The first-order valence-corrected chi connectivity index (χ1v) is 7.36. The van der Waals surface area contributed by atoms with Gasteiger partial charge in [-0.05, 0) is 33.3 Å². The highest BCUT2D eigenvalue weighted by Gasteiger charge is 2.06. The lowest BCUT2D eigenvalue weighted by molar-refractivity contribution is 1.42. The maximum atomic E-state index is 5.07. The van der Waals surface area contributed by atoms with Gasteiger partial charge in [0.25, 0.3) is 0 Å². The Morgan fingerprint density at radius 2 is 1.75 bits per heavy atom. The normalized spacial score (nSPS) is 10.8. The summed E-state index contributed by atoms with van der Waals surface area (Å²) in [5.74, 6) is 0. The Labute approximate surface area is 105 Å². The Kier molecular flexibility index (Phi) is 2.55. The first-order chi connectivity index (χ1) is 7.84. The lowest BCUT2D eigenvalue weighted by Crippen LogP contribution is -1.79. The van der Waals surface area contributed by atoms with Crippen LogP contribution in [0.1, 0.15) is 0 Å². The maximum absolute atomic E-state index is 5.07. The van der Waals surface area contributed by atoms with Crippen LogP contribution in [0.2, 0.25) is 0 Å². The summed E-state index contributed by atoms with van der Waals surface area (Å²) in [5.41, 5.74) is 1.18. The fourth-order valence-corrected chi connectivity index (χ4v) is 3.84. The van der Waals surface area contributed by atoms with Gasteiger partial charge < -0.3 is 0 Å². The molecular formula is C12H7NS3. The highest BCUT2D eigenvalue weighted by Crippen LogP contribution is 2.31. The van der Waals surface area contributed by atoms with Crippen molar-refractivity contribution < 1.29 is 0 Å². The monoisotopic (exact) mass is 261 g/mol. The average molecular weight is 261 g/mol. The fourth-order valence-electron chi connectivity index (χ4n) is 1.71. The van der Waals surface area contributed by atoms with Crippen LogP contribution in [-0.2, 0) is 0 Å². The summed E-state index contributed by atoms with van der Waals surface area (Å²) in [4.78, 5) is 4.38. The summed E-state index contributed by atoms with van der Waals surface area (Å²) in [6.07, 6.45) is 0. The number of aromatic nitrogens is 1. The third kappa shape index (κ3) is 1.69. The molecule has 2 aromatic carbocycles. The zero-order valence-corrected chi connectivity index (χ0v) is 10.7. The molecule has 0 saturated heterocycles. The van der Waals surface area contributed by atoms with E-state index in [0.29, 0.717) is 3.95 Å². The van der Waals surface area contributed by atoms with Crippen molar-refractivity contribution in [3.63, 3.8) is 0 Å². The minimum atomic E-state index is 0.716. The van der Waals surface area contributed by atoms with E-state index in [1.807, 2.05) is 0 Å². The first-order valence-electron chi connectivity index (χ1n) is 4.80. The second-order valence-electron chi connectivity index (χ2n) is 3.38. The number of fused-ring (bicyclic) bond motifs is 1. The molecule has 3 aromatic rings. The van der Waals surface area contributed by atoms with Gasteiger partial charge in [0.05, 0.1) is 0 Å². The molecule has 0 aliphatic heterocycles. The minimum absolute atomic E-state index is 0.716. The standard InChI is InChI=1S/C12H7NS3/c14-12-13-11(15-16-12)10-7-3-5-8-4-1-2-6-9(8)10/h1-7H. The molecule has 0 amide bonds. The Hall–Kier alpha value is -1.10. The van der Waals surface area contributed by atoms with Crippen LogP contribution in [0.15, 0.2) is 42.5 Å². The molecule has 1 aromatic heterocycles. The van der Waals surface area contributed by atoms with Gasteiger partial charge in [-0.1, -0.05) is 52.8 Å². The summed E-state index contributed by atoms with van der Waals surface area (Å²) in [7, 11) is 3.20. The number of rotatable bonds is 1. The molecule has 0 atom stereocenters. The average Bonchev–Trinajstić information content (AvgIpc) is 2.75. The predicted molar refractivity (Wildman–Crippen MR) is 73.8 cm³/mol. The van der Waals surface area contributed by atoms with Gasteiger partial charge in [0.1, 0.15) is 5.01 Å². The van der Waals surface area contributed by atoms with Crippen molar-refractivity contribution in [2.75, 3.05) is 0 Å². The van der Waals surface area contributed by atoms with Crippen LogP contribution in [0.25, 0.3) is 21.3 Å². The van der Waals surface area contributed by atoms with Crippen LogP contribution >= 0.6 is 32.9 Å². The number of benzene rings is 2. The van der Waals surface area contributed by atoms with E-state index in [9.17, 15) is 0 Å². The first kappa shape index (κ1) is 10.1. The highest BCUT2D eigenvalue weighted by atomic mass is 32.9.